The van der Waals surface area contributed by atoms with Gasteiger partial charge in [0.1, 0.15) is 11.6 Å². The number of rotatable bonds is 6. The van der Waals surface area contributed by atoms with Gasteiger partial charge in [-0.3, -0.25) is 14.5 Å². The minimum Gasteiger partial charge on any atom is -0.466 e. The highest BCUT2D eigenvalue weighted by molar-refractivity contribution is 5.97. The average Bonchev–Trinajstić information content (AvgIpc) is 2.67. The molecule has 2 fully saturated rings. The highest BCUT2D eigenvalue weighted by atomic mass is 16.5. The topological polar surface area (TPSA) is 103 Å². The van der Waals surface area contributed by atoms with Crippen LogP contribution in [0.25, 0.3) is 0 Å². The minimum absolute atomic E-state index is 0.0866. The number of nitrogens with zero attached hydrogens (tertiary/aromatic N) is 4. The Morgan fingerprint density at radius 3 is 2.38 bits per heavy atom. The Hall–Kier alpha value is -2.11. The zero-order valence-electron chi connectivity index (χ0n) is 15.5. The quantitative estimate of drug-likeness (QED) is 0.395. The van der Waals surface area contributed by atoms with E-state index >= 15 is 0 Å². The molecule has 0 aromatic heterocycles. The molecule has 0 unspecified atom stereocenters. The monoisotopic (exact) mass is 363 g/mol. The summed E-state index contributed by atoms with van der Waals surface area (Å²) in [7, 11) is 0. The van der Waals surface area contributed by atoms with Crippen LogP contribution in [0.3, 0.4) is 0 Å². The van der Waals surface area contributed by atoms with Gasteiger partial charge >= 0.3 is 5.97 Å². The molecule has 2 aliphatic heterocycles. The molecule has 26 heavy (non-hydrogen) atoms. The van der Waals surface area contributed by atoms with Crippen LogP contribution in [-0.4, -0.2) is 85.5 Å². The average molecular weight is 363 g/mol. The van der Waals surface area contributed by atoms with Gasteiger partial charge in [-0.25, -0.2) is 0 Å². The summed E-state index contributed by atoms with van der Waals surface area (Å²) in [5.74, 6) is -0.452. The molecule has 8 heteroatoms. The van der Waals surface area contributed by atoms with Gasteiger partial charge in [-0.05, 0) is 19.8 Å². The van der Waals surface area contributed by atoms with Crippen molar-refractivity contribution in [3.05, 3.63) is 11.8 Å². The lowest BCUT2D eigenvalue weighted by Gasteiger charge is -2.35. The number of piperidine rings is 1. The standard InChI is InChI=1S/C18H29N5O3/c1-2-26-18(25)15-3-6-22(7-4-15)14-16(13-20)17(24)23-11-9-21(8-5-19)10-12-23/h14-15H,2-12,19H2,1H3/b16-14-. The lowest BCUT2D eigenvalue weighted by atomic mass is 9.97. The molecular weight excluding hydrogens is 334 g/mol. The van der Waals surface area contributed by atoms with E-state index in [1.807, 2.05) is 11.0 Å². The van der Waals surface area contributed by atoms with Crippen LogP contribution in [-0.2, 0) is 14.3 Å². The number of piperazine rings is 1. The van der Waals surface area contributed by atoms with E-state index in [-0.39, 0.29) is 23.4 Å². The first-order valence-electron chi connectivity index (χ1n) is 9.33. The largest absolute Gasteiger partial charge is 0.466 e. The Balaban J connectivity index is 1.87. The molecule has 0 radical (unpaired) electrons. The number of hydrogen-bond donors (Lipinski definition) is 1. The second kappa shape index (κ2) is 10.1. The summed E-state index contributed by atoms with van der Waals surface area (Å²) < 4.78 is 5.06. The Labute approximate surface area is 155 Å². The van der Waals surface area contributed by atoms with Crippen molar-refractivity contribution < 1.29 is 14.3 Å². The van der Waals surface area contributed by atoms with Crippen LogP contribution < -0.4 is 5.73 Å². The maximum Gasteiger partial charge on any atom is 0.309 e. The molecule has 2 aliphatic rings. The molecule has 0 aromatic carbocycles. The van der Waals surface area contributed by atoms with E-state index in [0.717, 1.165) is 19.6 Å². The summed E-state index contributed by atoms with van der Waals surface area (Å²) in [6, 6.07) is 2.04. The fourth-order valence-corrected chi connectivity index (χ4v) is 3.37. The molecule has 1 amide bonds. The highest BCUT2D eigenvalue weighted by Crippen LogP contribution is 2.20. The van der Waals surface area contributed by atoms with Gasteiger partial charge in [0.05, 0.1) is 12.5 Å². The fraction of sp³-hybridized carbons (Fsp3) is 0.722. The first-order chi connectivity index (χ1) is 12.6. The van der Waals surface area contributed by atoms with Crippen molar-refractivity contribution >= 4 is 11.9 Å². The van der Waals surface area contributed by atoms with Gasteiger partial charge in [0.25, 0.3) is 5.91 Å². The molecule has 2 saturated heterocycles. The number of carbonyl (C=O) groups excluding carboxylic acids is 2. The van der Waals surface area contributed by atoms with Crippen molar-refractivity contribution in [2.75, 3.05) is 59.0 Å². The molecule has 0 atom stereocenters. The predicted octanol–water partition coefficient (Wildman–Crippen LogP) is -0.228. The summed E-state index contributed by atoms with van der Waals surface area (Å²) in [6.07, 6.45) is 3.01. The van der Waals surface area contributed by atoms with Crippen LogP contribution >= 0.6 is 0 Å². The van der Waals surface area contributed by atoms with Gasteiger partial charge in [0.2, 0.25) is 0 Å². The lowest BCUT2D eigenvalue weighted by molar-refractivity contribution is -0.149. The number of ether oxygens (including phenoxy) is 1. The number of likely N-dealkylation sites (tertiary alicyclic amines) is 1. The number of carbonyl (C=O) groups is 2. The zero-order valence-corrected chi connectivity index (χ0v) is 15.5. The van der Waals surface area contributed by atoms with Crippen LogP contribution in [0, 0.1) is 17.2 Å². The Morgan fingerprint density at radius 1 is 1.19 bits per heavy atom. The number of nitriles is 1. The van der Waals surface area contributed by atoms with Crippen molar-refractivity contribution in [2.24, 2.45) is 11.7 Å². The first-order valence-corrected chi connectivity index (χ1v) is 9.33. The van der Waals surface area contributed by atoms with E-state index in [9.17, 15) is 14.9 Å². The molecule has 0 saturated carbocycles. The van der Waals surface area contributed by atoms with E-state index < -0.39 is 0 Å². The van der Waals surface area contributed by atoms with E-state index in [1.54, 1.807) is 18.0 Å². The van der Waals surface area contributed by atoms with Crippen molar-refractivity contribution in [3.8, 4) is 6.07 Å². The summed E-state index contributed by atoms with van der Waals surface area (Å²) in [4.78, 5) is 30.3. The Kier molecular flexibility index (Phi) is 7.88. The van der Waals surface area contributed by atoms with Crippen LogP contribution in [0.5, 0.6) is 0 Å². The SMILES string of the molecule is CCOC(=O)C1CCN(/C=C(/C#N)C(=O)N2CCN(CCN)CC2)CC1. The van der Waals surface area contributed by atoms with Gasteiger partial charge in [-0.15, -0.1) is 0 Å². The first kappa shape index (κ1) is 20.2. The van der Waals surface area contributed by atoms with Gasteiger partial charge in [-0.1, -0.05) is 0 Å². The second-order valence-corrected chi connectivity index (χ2v) is 6.64. The molecule has 0 aliphatic carbocycles. The second-order valence-electron chi connectivity index (χ2n) is 6.64. The normalized spacial score (nSPS) is 20.0. The van der Waals surface area contributed by atoms with Gasteiger partial charge < -0.3 is 20.3 Å². The molecule has 2 rings (SSSR count). The number of amides is 1. The van der Waals surface area contributed by atoms with Crippen LogP contribution in [0.4, 0.5) is 0 Å². The van der Waals surface area contributed by atoms with E-state index in [4.69, 9.17) is 10.5 Å². The van der Waals surface area contributed by atoms with Crippen LogP contribution in [0.15, 0.2) is 11.8 Å². The molecule has 2 N–H and O–H groups in total. The minimum atomic E-state index is -0.215. The number of nitrogens with two attached hydrogens (primary N) is 1. The molecule has 144 valence electrons. The molecule has 8 nitrogen and oxygen atoms in total. The van der Waals surface area contributed by atoms with Gasteiger partial charge in [-0.2, -0.15) is 5.26 Å². The summed E-state index contributed by atoms with van der Waals surface area (Å²) in [5.41, 5.74) is 5.72. The maximum atomic E-state index is 12.6. The van der Waals surface area contributed by atoms with Crippen molar-refractivity contribution in [3.63, 3.8) is 0 Å². The van der Waals surface area contributed by atoms with Gasteiger partial charge in [0, 0.05) is 58.6 Å². The smallest absolute Gasteiger partial charge is 0.309 e. The predicted molar refractivity (Wildman–Crippen MR) is 96.7 cm³/mol. The molecule has 0 aromatic rings. The van der Waals surface area contributed by atoms with Crippen molar-refractivity contribution in [2.45, 2.75) is 19.8 Å². The van der Waals surface area contributed by atoms with Crippen molar-refractivity contribution in [1.29, 1.82) is 5.26 Å². The third-order valence-corrected chi connectivity index (χ3v) is 4.92. The molecule has 2 heterocycles. The van der Waals surface area contributed by atoms with Crippen LogP contribution in [0.1, 0.15) is 19.8 Å². The fourth-order valence-electron chi connectivity index (χ4n) is 3.37. The van der Waals surface area contributed by atoms with Crippen molar-refractivity contribution in [1.82, 2.24) is 14.7 Å². The molecule has 0 spiro atoms. The highest BCUT2D eigenvalue weighted by Gasteiger charge is 2.27. The Bertz CT molecular complexity index is 556. The summed E-state index contributed by atoms with van der Waals surface area (Å²) >= 11 is 0. The third-order valence-electron chi connectivity index (χ3n) is 4.92. The van der Waals surface area contributed by atoms with E-state index in [1.165, 1.54) is 0 Å². The molecular formula is C18H29N5O3. The Morgan fingerprint density at radius 2 is 1.85 bits per heavy atom. The maximum absolute atomic E-state index is 12.6. The summed E-state index contributed by atoms with van der Waals surface area (Å²) in [5, 5.41) is 9.41. The van der Waals surface area contributed by atoms with E-state index in [0.29, 0.717) is 52.2 Å². The number of esters is 1. The van der Waals surface area contributed by atoms with Gasteiger partial charge in [0.15, 0.2) is 0 Å². The molecule has 0 bridgehead atoms. The zero-order chi connectivity index (χ0) is 18.9. The summed E-state index contributed by atoms with van der Waals surface area (Å²) in [6.45, 7) is 7.72. The van der Waals surface area contributed by atoms with Crippen LogP contribution in [0.2, 0.25) is 0 Å². The number of hydrogen-bond acceptors (Lipinski definition) is 7. The van der Waals surface area contributed by atoms with E-state index in [2.05, 4.69) is 4.90 Å². The lowest BCUT2D eigenvalue weighted by Crippen LogP contribution is -2.50. The third kappa shape index (κ3) is 5.44.